The van der Waals surface area contributed by atoms with E-state index in [-0.39, 0.29) is 57.4 Å². The Kier molecular flexibility index (Phi) is 20.6. The van der Waals surface area contributed by atoms with E-state index >= 15 is 0 Å². The summed E-state index contributed by atoms with van der Waals surface area (Å²) in [4.78, 5) is 60.8. The molecular formula is C54H70N4O6S6. The van der Waals surface area contributed by atoms with Gasteiger partial charge in [0.05, 0.1) is 13.2 Å². The zero-order valence-corrected chi connectivity index (χ0v) is 46.7. The Morgan fingerprint density at radius 1 is 0.471 bits per heavy atom. The maximum atomic E-state index is 13.1. The summed E-state index contributed by atoms with van der Waals surface area (Å²) in [6.07, 6.45) is 9.20. The number of amides is 4. The van der Waals surface area contributed by atoms with E-state index in [1.165, 1.54) is 43.1 Å². The second-order valence-corrected chi connectivity index (χ2v) is 26.9. The van der Waals surface area contributed by atoms with Gasteiger partial charge in [0, 0.05) is 64.3 Å². The van der Waals surface area contributed by atoms with Gasteiger partial charge in [-0.1, -0.05) is 65.1 Å². The van der Waals surface area contributed by atoms with Crippen molar-refractivity contribution in [1.29, 1.82) is 0 Å². The molecule has 6 rings (SSSR count). The van der Waals surface area contributed by atoms with Crippen LogP contribution in [0.15, 0.2) is 136 Å². The lowest BCUT2D eigenvalue weighted by molar-refractivity contribution is 0.0641. The molecule has 4 aromatic carbocycles. The molecule has 0 aliphatic heterocycles. The molecule has 4 amide bonds. The van der Waals surface area contributed by atoms with Crippen LogP contribution in [0.3, 0.4) is 0 Å². The van der Waals surface area contributed by atoms with Crippen LogP contribution in [0.4, 0.5) is 19.2 Å². The second kappa shape index (κ2) is 25.9. The van der Waals surface area contributed by atoms with Gasteiger partial charge in [0.25, 0.3) is 10.5 Å². The topological polar surface area (TPSA) is 135 Å². The summed E-state index contributed by atoms with van der Waals surface area (Å²) in [6.45, 7) is 14.6. The molecule has 0 aromatic heterocycles. The fraction of sp³-hybridized carbons (Fsp3) is 0.481. The van der Waals surface area contributed by atoms with Crippen LogP contribution in [0.1, 0.15) is 92.9 Å². The Bertz CT molecular complexity index is 2190. The Balaban J connectivity index is 0.843. The third kappa shape index (κ3) is 18.8. The molecular weight excluding hydrogens is 993 g/mol. The molecule has 4 atom stereocenters. The van der Waals surface area contributed by atoms with Crippen molar-refractivity contribution in [3.05, 3.63) is 97.1 Å². The number of carbonyl (C=O) groups is 4. The van der Waals surface area contributed by atoms with Gasteiger partial charge in [-0.05, 0) is 206 Å². The zero-order valence-electron chi connectivity index (χ0n) is 41.8. The fourth-order valence-corrected chi connectivity index (χ4v) is 14.0. The normalized spacial score (nSPS) is 21.5. The van der Waals surface area contributed by atoms with Crippen molar-refractivity contribution in [3.8, 4) is 0 Å². The van der Waals surface area contributed by atoms with Gasteiger partial charge in [0.15, 0.2) is 0 Å². The van der Waals surface area contributed by atoms with Crippen molar-refractivity contribution in [2.75, 3.05) is 38.8 Å². The first kappa shape index (κ1) is 55.8. The molecule has 2 saturated carbocycles. The number of ether oxygens (including phenoxy) is 2. The molecule has 0 radical (unpaired) electrons. The van der Waals surface area contributed by atoms with Crippen LogP contribution in [0.2, 0.25) is 0 Å². The Labute approximate surface area is 441 Å². The summed E-state index contributed by atoms with van der Waals surface area (Å²) in [5.74, 6) is 0. The number of rotatable bonds is 19. The van der Waals surface area contributed by atoms with Crippen LogP contribution in [-0.4, -0.2) is 73.6 Å². The quantitative estimate of drug-likeness (QED) is 0.0526. The Morgan fingerprint density at radius 2 is 0.771 bits per heavy atom. The minimum Gasteiger partial charge on any atom is -0.450 e. The van der Waals surface area contributed by atoms with Gasteiger partial charge in [0.2, 0.25) is 0 Å². The highest BCUT2D eigenvalue weighted by Crippen LogP contribution is 2.47. The summed E-state index contributed by atoms with van der Waals surface area (Å²) in [6, 6.07) is 32.9. The summed E-state index contributed by atoms with van der Waals surface area (Å²) < 4.78 is 11.1. The number of hydrogen-bond acceptors (Lipinski definition) is 12. The van der Waals surface area contributed by atoms with Crippen molar-refractivity contribution in [2.45, 2.75) is 144 Å². The number of thioether (sulfide) groups is 4. The first-order valence-electron chi connectivity index (χ1n) is 23.9. The highest BCUT2D eigenvalue weighted by atomic mass is 32.2. The van der Waals surface area contributed by atoms with Crippen LogP contribution >= 0.6 is 70.6 Å². The summed E-state index contributed by atoms with van der Waals surface area (Å²) >= 11 is 9.23. The minimum absolute atomic E-state index is 0.0411. The van der Waals surface area contributed by atoms with Crippen LogP contribution in [0.25, 0.3) is 0 Å². The van der Waals surface area contributed by atoms with E-state index in [1.54, 1.807) is 47.0 Å². The number of benzene rings is 4. The van der Waals surface area contributed by atoms with E-state index in [4.69, 9.17) is 9.47 Å². The second-order valence-electron chi connectivity index (χ2n) is 20.8. The predicted molar refractivity (Wildman–Crippen MR) is 293 cm³/mol. The molecule has 2 aliphatic carbocycles. The molecule has 0 spiro atoms. The minimum atomic E-state index is -0.461. The standard InChI is InChI=1S/C54H70N4O6S6/c1-51(2)29-37(31-53(5,33-51)35-55-49(61)69-45-23-19-43(20-24-45)67-41-15-11-39(65-7)12-16-41)57-47(59)63-27-9-10-28-64-48(60)58-38-30-52(3,4)34-54(6,32-38)36-56-50(62)70-46-25-21-44(22-26-46)68-42-17-13-40(66-8)14-18-42/h11-26,37-38H,9-10,27-36H2,1-8H3,(H,55,61)(H,56,62)(H,57,59)(H,58,60). The van der Waals surface area contributed by atoms with E-state index in [0.717, 1.165) is 58.1 Å². The third-order valence-electron chi connectivity index (χ3n) is 12.5. The van der Waals surface area contributed by atoms with E-state index in [1.807, 2.05) is 48.5 Å². The fourth-order valence-electron chi connectivity index (χ4n) is 10.3. The van der Waals surface area contributed by atoms with Crippen molar-refractivity contribution < 1.29 is 28.7 Å². The zero-order chi connectivity index (χ0) is 50.4. The molecule has 4 N–H and O–H groups in total. The van der Waals surface area contributed by atoms with Gasteiger partial charge in [-0.2, -0.15) is 0 Å². The molecule has 10 nitrogen and oxygen atoms in total. The molecule has 2 aliphatic rings. The molecule has 4 unspecified atom stereocenters. The van der Waals surface area contributed by atoms with Crippen LogP contribution in [-0.2, 0) is 9.47 Å². The van der Waals surface area contributed by atoms with E-state index < -0.39 is 12.2 Å². The van der Waals surface area contributed by atoms with Gasteiger partial charge in [-0.3, -0.25) is 9.59 Å². The number of alkyl carbamates (subject to hydrolysis) is 2. The van der Waals surface area contributed by atoms with E-state index in [9.17, 15) is 19.2 Å². The summed E-state index contributed by atoms with van der Waals surface area (Å²) in [5.41, 5.74) is -0.505. The molecule has 0 bridgehead atoms. The van der Waals surface area contributed by atoms with Gasteiger partial charge in [-0.15, -0.1) is 23.5 Å². The molecule has 16 heteroatoms. The number of carbonyl (C=O) groups excluding carboxylic acids is 4. The molecule has 378 valence electrons. The smallest absolute Gasteiger partial charge is 0.407 e. The molecule has 2 fully saturated rings. The van der Waals surface area contributed by atoms with Gasteiger partial charge < -0.3 is 30.7 Å². The Hall–Kier alpha value is -3.54. The average molecular weight is 1060 g/mol. The largest absolute Gasteiger partial charge is 0.450 e. The lowest BCUT2D eigenvalue weighted by atomic mass is 9.62. The highest BCUT2D eigenvalue weighted by Gasteiger charge is 2.43. The Morgan fingerprint density at radius 3 is 1.09 bits per heavy atom. The van der Waals surface area contributed by atoms with Gasteiger partial charge in [-0.25, -0.2) is 9.59 Å². The van der Waals surface area contributed by atoms with Crippen LogP contribution in [0.5, 0.6) is 0 Å². The first-order valence-corrected chi connectivity index (χ1v) is 29.6. The first-order chi connectivity index (χ1) is 33.3. The molecule has 0 heterocycles. The molecule has 4 aromatic rings. The third-order valence-corrected chi connectivity index (χ3v) is 17.7. The maximum Gasteiger partial charge on any atom is 0.407 e. The van der Waals surface area contributed by atoms with E-state index in [2.05, 4.69) is 124 Å². The number of unbranched alkanes of at least 4 members (excludes halogenated alkanes) is 1. The summed E-state index contributed by atoms with van der Waals surface area (Å²) in [5, 5.41) is 12.3. The van der Waals surface area contributed by atoms with Crippen molar-refractivity contribution in [3.63, 3.8) is 0 Å². The number of hydrogen-bond donors (Lipinski definition) is 4. The lowest BCUT2D eigenvalue weighted by Crippen LogP contribution is -2.50. The molecule has 0 saturated heterocycles. The van der Waals surface area contributed by atoms with Crippen LogP contribution < -0.4 is 21.3 Å². The predicted octanol–water partition coefficient (Wildman–Crippen LogP) is 15.1. The lowest BCUT2D eigenvalue weighted by Gasteiger charge is -2.46. The van der Waals surface area contributed by atoms with Crippen LogP contribution in [0, 0.1) is 21.7 Å². The summed E-state index contributed by atoms with van der Waals surface area (Å²) in [7, 11) is 0. The van der Waals surface area contributed by atoms with E-state index in [0.29, 0.717) is 25.9 Å². The monoisotopic (exact) mass is 1060 g/mol. The van der Waals surface area contributed by atoms with Gasteiger partial charge >= 0.3 is 12.2 Å². The maximum absolute atomic E-state index is 13.1. The van der Waals surface area contributed by atoms with Crippen molar-refractivity contribution in [2.24, 2.45) is 21.7 Å². The van der Waals surface area contributed by atoms with Crippen molar-refractivity contribution >= 4 is 93.2 Å². The average Bonchev–Trinajstić information content (AvgIpc) is 3.29. The highest BCUT2D eigenvalue weighted by molar-refractivity contribution is 8.13. The van der Waals surface area contributed by atoms with Gasteiger partial charge in [0.1, 0.15) is 0 Å². The number of nitrogens with one attached hydrogen (secondary N) is 4. The SMILES string of the molecule is CSc1ccc(Sc2ccc(SC(=O)NCC3(C)CC(NC(=O)OCCCCOC(=O)NC4CC(C)(C)CC(C)(CNC(=O)Sc5ccc(Sc6ccc(SC)cc6)cc5)C4)CC(C)(C)C3)cc2)cc1. The van der Waals surface area contributed by atoms with Crippen molar-refractivity contribution in [1.82, 2.24) is 21.3 Å². The molecule has 70 heavy (non-hydrogen) atoms.